The minimum Gasteiger partial charge on any atom is -0.353 e. The number of nitrogens with zero attached hydrogens (tertiary/aromatic N) is 2. The average Bonchev–Trinajstić information content (AvgIpc) is 2.80. The highest BCUT2D eigenvalue weighted by atomic mass is 32.2. The van der Waals surface area contributed by atoms with Crippen molar-refractivity contribution < 1.29 is 17.9 Å². The number of hydrogen-bond acceptors (Lipinski definition) is 5. The van der Waals surface area contributed by atoms with Crippen LogP contribution in [-0.2, 0) is 19.5 Å². The van der Waals surface area contributed by atoms with Gasteiger partial charge in [-0.2, -0.15) is 0 Å². The molecule has 1 atom stereocenters. The standard InChI is InChI=1S/C21H26N2O4S/c1-22-17-9-2-3-10-18(17)23(14-8-16-27-21-13-6-7-15-26-21)19-11-4-5-12-20(19)28(22,24)25/h2-5,9-12,21H,6-8,13-16H2,1H3. The third kappa shape index (κ3) is 3.62. The molecule has 2 aromatic carbocycles. The summed E-state index contributed by atoms with van der Waals surface area (Å²) in [7, 11) is -2.00. The molecule has 1 unspecified atom stereocenters. The van der Waals surface area contributed by atoms with Gasteiger partial charge in [0.1, 0.15) is 4.90 Å². The van der Waals surface area contributed by atoms with Crippen molar-refractivity contribution in [2.45, 2.75) is 36.9 Å². The van der Waals surface area contributed by atoms with Gasteiger partial charge in [0.25, 0.3) is 10.0 Å². The fourth-order valence-electron chi connectivity index (χ4n) is 3.78. The lowest BCUT2D eigenvalue weighted by atomic mass is 10.2. The Kier molecular flexibility index (Phi) is 5.57. The number of sulfonamides is 1. The molecular formula is C21H26N2O4S. The summed E-state index contributed by atoms with van der Waals surface area (Å²) in [5.74, 6) is 0. The summed E-state index contributed by atoms with van der Waals surface area (Å²) in [4.78, 5) is 2.40. The lowest BCUT2D eigenvalue weighted by molar-refractivity contribution is -0.162. The lowest BCUT2D eigenvalue weighted by Gasteiger charge is -2.27. The van der Waals surface area contributed by atoms with E-state index in [9.17, 15) is 8.42 Å². The van der Waals surface area contributed by atoms with Gasteiger partial charge in [-0.1, -0.05) is 24.3 Å². The van der Waals surface area contributed by atoms with E-state index in [-0.39, 0.29) is 6.29 Å². The summed E-state index contributed by atoms with van der Waals surface area (Å²) >= 11 is 0. The Morgan fingerprint density at radius 3 is 2.50 bits per heavy atom. The third-order valence-electron chi connectivity index (χ3n) is 5.27. The molecule has 2 aliphatic rings. The van der Waals surface area contributed by atoms with Gasteiger partial charge >= 0.3 is 0 Å². The topological polar surface area (TPSA) is 59.1 Å². The van der Waals surface area contributed by atoms with Crippen LogP contribution >= 0.6 is 0 Å². The maximum atomic E-state index is 13.1. The molecule has 0 amide bonds. The minimum absolute atomic E-state index is 0.107. The van der Waals surface area contributed by atoms with Gasteiger partial charge in [-0.25, -0.2) is 8.42 Å². The van der Waals surface area contributed by atoms with Crippen molar-refractivity contribution >= 4 is 27.1 Å². The van der Waals surface area contributed by atoms with Gasteiger partial charge in [0.2, 0.25) is 0 Å². The predicted molar refractivity (Wildman–Crippen MR) is 110 cm³/mol. The van der Waals surface area contributed by atoms with Gasteiger partial charge in [0, 0.05) is 20.2 Å². The number of benzene rings is 2. The Bertz CT molecular complexity index is 926. The summed E-state index contributed by atoms with van der Waals surface area (Å²) < 4.78 is 39.1. The second kappa shape index (κ2) is 8.11. The molecule has 2 aliphatic heterocycles. The number of hydrogen-bond donors (Lipinski definition) is 0. The van der Waals surface area contributed by atoms with Crippen molar-refractivity contribution in [2.24, 2.45) is 0 Å². The van der Waals surface area contributed by atoms with E-state index in [4.69, 9.17) is 9.47 Å². The Hall–Kier alpha value is -2.09. The lowest BCUT2D eigenvalue weighted by Crippen LogP contribution is -2.25. The van der Waals surface area contributed by atoms with Gasteiger partial charge in [-0.3, -0.25) is 4.31 Å². The first-order valence-electron chi connectivity index (χ1n) is 9.77. The van der Waals surface area contributed by atoms with Crippen molar-refractivity contribution in [1.82, 2.24) is 0 Å². The van der Waals surface area contributed by atoms with Crippen LogP contribution in [0.2, 0.25) is 0 Å². The number of anilines is 3. The van der Waals surface area contributed by atoms with Crippen LogP contribution in [0.5, 0.6) is 0 Å². The predicted octanol–water partition coefficient (Wildman–Crippen LogP) is 3.90. The molecule has 1 fully saturated rings. The highest BCUT2D eigenvalue weighted by Gasteiger charge is 2.32. The zero-order valence-electron chi connectivity index (χ0n) is 16.1. The molecule has 0 bridgehead atoms. The smallest absolute Gasteiger partial charge is 0.266 e. The van der Waals surface area contributed by atoms with Crippen LogP contribution < -0.4 is 9.21 Å². The molecule has 0 spiro atoms. The average molecular weight is 403 g/mol. The van der Waals surface area contributed by atoms with E-state index in [1.807, 2.05) is 36.4 Å². The number of fused-ring (bicyclic) bond motifs is 2. The molecule has 2 heterocycles. The highest BCUT2D eigenvalue weighted by Crippen LogP contribution is 2.43. The van der Waals surface area contributed by atoms with Crippen molar-refractivity contribution in [1.29, 1.82) is 0 Å². The molecule has 0 aromatic heterocycles. The van der Waals surface area contributed by atoms with E-state index >= 15 is 0 Å². The van der Waals surface area contributed by atoms with Crippen LogP contribution in [0.1, 0.15) is 25.7 Å². The summed E-state index contributed by atoms with van der Waals surface area (Å²) in [6.07, 6.45) is 3.85. The second-order valence-electron chi connectivity index (χ2n) is 7.10. The molecule has 7 heteroatoms. The number of rotatable bonds is 5. The van der Waals surface area contributed by atoms with Gasteiger partial charge in [0.05, 0.1) is 23.7 Å². The Balaban J connectivity index is 1.60. The largest absolute Gasteiger partial charge is 0.353 e. The fourth-order valence-corrected chi connectivity index (χ4v) is 5.19. The molecule has 1 saturated heterocycles. The quantitative estimate of drug-likeness (QED) is 0.710. The van der Waals surface area contributed by atoms with Gasteiger partial charge in [-0.05, 0) is 49.9 Å². The van der Waals surface area contributed by atoms with E-state index in [1.165, 1.54) is 4.31 Å². The monoisotopic (exact) mass is 402 g/mol. The first kappa shape index (κ1) is 19.2. The molecule has 4 rings (SSSR count). The molecule has 150 valence electrons. The molecule has 0 N–H and O–H groups in total. The third-order valence-corrected chi connectivity index (χ3v) is 7.09. The molecule has 0 radical (unpaired) electrons. The van der Waals surface area contributed by atoms with E-state index in [2.05, 4.69) is 4.90 Å². The first-order valence-corrected chi connectivity index (χ1v) is 11.2. The second-order valence-corrected chi connectivity index (χ2v) is 9.04. The summed E-state index contributed by atoms with van der Waals surface area (Å²) in [5, 5.41) is 0. The minimum atomic E-state index is -3.61. The zero-order valence-corrected chi connectivity index (χ0v) is 16.9. The number of para-hydroxylation sites is 3. The summed E-state index contributed by atoms with van der Waals surface area (Å²) in [5.41, 5.74) is 2.26. The molecule has 6 nitrogen and oxygen atoms in total. The summed E-state index contributed by atoms with van der Waals surface area (Å²) in [6, 6.07) is 14.8. The maximum Gasteiger partial charge on any atom is 0.266 e. The van der Waals surface area contributed by atoms with Gasteiger partial charge in [0.15, 0.2) is 6.29 Å². The van der Waals surface area contributed by atoms with Crippen LogP contribution in [0.25, 0.3) is 0 Å². The van der Waals surface area contributed by atoms with Gasteiger partial charge in [-0.15, -0.1) is 0 Å². The maximum absolute atomic E-state index is 13.1. The number of ether oxygens (including phenoxy) is 2. The van der Waals surface area contributed by atoms with Crippen LogP contribution in [0.15, 0.2) is 53.4 Å². The summed E-state index contributed by atoms with van der Waals surface area (Å²) in [6.45, 7) is 2.00. The van der Waals surface area contributed by atoms with E-state index < -0.39 is 10.0 Å². The van der Waals surface area contributed by atoms with Crippen molar-refractivity contribution in [3.05, 3.63) is 48.5 Å². The van der Waals surface area contributed by atoms with Crippen LogP contribution in [0, 0.1) is 0 Å². The molecule has 0 saturated carbocycles. The normalized spacial score (nSPS) is 21.0. The first-order chi connectivity index (χ1) is 13.6. The Labute approximate surface area is 166 Å². The van der Waals surface area contributed by atoms with Crippen LogP contribution in [0.4, 0.5) is 17.1 Å². The van der Waals surface area contributed by atoms with Crippen molar-refractivity contribution in [2.75, 3.05) is 36.0 Å². The Morgan fingerprint density at radius 1 is 1.04 bits per heavy atom. The van der Waals surface area contributed by atoms with Crippen LogP contribution in [-0.4, -0.2) is 41.5 Å². The van der Waals surface area contributed by atoms with E-state index in [0.29, 0.717) is 29.4 Å². The highest BCUT2D eigenvalue weighted by molar-refractivity contribution is 7.93. The molecule has 2 aromatic rings. The molecular weight excluding hydrogens is 376 g/mol. The molecule has 0 aliphatic carbocycles. The van der Waals surface area contributed by atoms with Gasteiger partial charge < -0.3 is 14.4 Å². The fraction of sp³-hybridized carbons (Fsp3) is 0.429. The van der Waals surface area contributed by atoms with Crippen LogP contribution in [0.3, 0.4) is 0 Å². The van der Waals surface area contributed by atoms with Crippen molar-refractivity contribution in [3.63, 3.8) is 0 Å². The molecule has 28 heavy (non-hydrogen) atoms. The van der Waals surface area contributed by atoms with E-state index in [1.54, 1.807) is 19.2 Å². The zero-order chi connectivity index (χ0) is 19.6. The van der Waals surface area contributed by atoms with E-state index in [0.717, 1.165) is 38.0 Å². The SMILES string of the molecule is CN1c2ccccc2N(CCCOC2CCCCO2)c2ccccc2S1(=O)=O. The van der Waals surface area contributed by atoms with Crippen molar-refractivity contribution in [3.8, 4) is 0 Å². The Morgan fingerprint density at radius 2 is 1.75 bits per heavy atom.